The Morgan fingerprint density at radius 1 is 1.54 bits per heavy atom. The molecule has 1 aliphatic heterocycles. The molecule has 3 nitrogen and oxygen atoms in total. The van der Waals surface area contributed by atoms with Crippen molar-refractivity contribution in [2.24, 2.45) is 0 Å². The maximum absolute atomic E-state index is 11.2. The number of nitrogens with one attached hydrogen (secondary N) is 1. The summed E-state index contributed by atoms with van der Waals surface area (Å²) in [4.78, 5) is 11.2. The second-order valence-corrected chi connectivity index (χ2v) is 3.28. The number of hydrogen-bond acceptors (Lipinski definition) is 2. The molecular weight excluding hydrogens is 166 g/mol. The molecule has 68 valence electrons. The van der Waals surface area contributed by atoms with E-state index in [0.717, 1.165) is 16.7 Å². The average molecular weight is 177 g/mol. The molecule has 1 heterocycles. The van der Waals surface area contributed by atoms with Crippen LogP contribution in [0.5, 0.6) is 0 Å². The summed E-state index contributed by atoms with van der Waals surface area (Å²) in [6.07, 6.45) is -0.471. The maximum atomic E-state index is 11.2. The van der Waals surface area contributed by atoms with E-state index in [2.05, 4.69) is 5.32 Å². The van der Waals surface area contributed by atoms with Gasteiger partial charge in [-0.2, -0.15) is 0 Å². The van der Waals surface area contributed by atoms with Crippen molar-refractivity contribution in [1.29, 1.82) is 0 Å². The van der Waals surface area contributed by atoms with E-state index in [1.54, 1.807) is 19.1 Å². The Hall–Kier alpha value is -1.35. The number of rotatable bonds is 1. The van der Waals surface area contributed by atoms with Crippen molar-refractivity contribution < 1.29 is 9.90 Å². The van der Waals surface area contributed by atoms with Crippen LogP contribution in [-0.2, 0) is 6.54 Å². The van der Waals surface area contributed by atoms with Crippen LogP contribution in [0.3, 0.4) is 0 Å². The number of carbonyl (C=O) groups is 1. The van der Waals surface area contributed by atoms with Crippen molar-refractivity contribution in [2.75, 3.05) is 0 Å². The second kappa shape index (κ2) is 2.85. The Bertz CT molecular complexity index is 358. The van der Waals surface area contributed by atoms with Gasteiger partial charge in [0.1, 0.15) is 0 Å². The van der Waals surface area contributed by atoms with Crippen molar-refractivity contribution in [1.82, 2.24) is 5.32 Å². The molecule has 3 heteroatoms. The quantitative estimate of drug-likeness (QED) is 0.671. The van der Waals surface area contributed by atoms with E-state index in [0.29, 0.717) is 6.54 Å². The number of fused-ring (bicyclic) bond motifs is 1. The lowest BCUT2D eigenvalue weighted by molar-refractivity contribution is 0.0965. The highest BCUT2D eigenvalue weighted by atomic mass is 16.3. The standard InChI is InChI=1S/C10H11NO2/c1-6(12)7-2-3-9-8(4-7)5-11-10(9)13/h2-4,6,12H,5H2,1H3,(H,11,13)/t6-/m0/s1. The smallest absolute Gasteiger partial charge is 0.251 e. The zero-order chi connectivity index (χ0) is 9.42. The lowest BCUT2D eigenvalue weighted by atomic mass is 10.0. The van der Waals surface area contributed by atoms with Gasteiger partial charge in [-0.25, -0.2) is 0 Å². The van der Waals surface area contributed by atoms with Crippen LogP contribution < -0.4 is 5.32 Å². The van der Waals surface area contributed by atoms with Gasteiger partial charge in [-0.15, -0.1) is 0 Å². The number of amides is 1. The Kier molecular flexibility index (Phi) is 1.81. The molecule has 0 aliphatic carbocycles. The summed E-state index contributed by atoms with van der Waals surface area (Å²) in [6.45, 7) is 2.29. The Labute approximate surface area is 76.4 Å². The fourth-order valence-corrected chi connectivity index (χ4v) is 1.51. The molecule has 0 unspecified atom stereocenters. The molecule has 2 rings (SSSR count). The summed E-state index contributed by atoms with van der Waals surface area (Å²) in [7, 11) is 0. The van der Waals surface area contributed by atoms with Crippen LogP contribution in [0.25, 0.3) is 0 Å². The molecule has 1 atom stereocenters. The van der Waals surface area contributed by atoms with Crippen molar-refractivity contribution >= 4 is 5.91 Å². The minimum Gasteiger partial charge on any atom is -0.389 e. The molecule has 0 saturated heterocycles. The molecule has 1 aromatic rings. The first-order chi connectivity index (χ1) is 6.18. The van der Waals surface area contributed by atoms with Crippen LogP contribution in [0.1, 0.15) is 34.5 Å². The van der Waals surface area contributed by atoms with Gasteiger partial charge in [0, 0.05) is 12.1 Å². The Balaban J connectivity index is 2.45. The molecule has 1 aromatic carbocycles. The fourth-order valence-electron chi connectivity index (χ4n) is 1.51. The lowest BCUT2D eigenvalue weighted by Crippen LogP contribution is -2.12. The molecule has 0 fully saturated rings. The Morgan fingerprint density at radius 2 is 2.31 bits per heavy atom. The van der Waals surface area contributed by atoms with Gasteiger partial charge in [-0.1, -0.05) is 12.1 Å². The van der Waals surface area contributed by atoms with Crippen molar-refractivity contribution in [3.8, 4) is 0 Å². The maximum Gasteiger partial charge on any atom is 0.251 e. The van der Waals surface area contributed by atoms with Gasteiger partial charge >= 0.3 is 0 Å². The first-order valence-electron chi connectivity index (χ1n) is 4.27. The summed E-state index contributed by atoms with van der Waals surface area (Å²) in [6, 6.07) is 5.42. The Morgan fingerprint density at radius 3 is 3.00 bits per heavy atom. The van der Waals surface area contributed by atoms with Crippen molar-refractivity contribution in [3.05, 3.63) is 34.9 Å². The van der Waals surface area contributed by atoms with Crippen LogP contribution in [0.2, 0.25) is 0 Å². The van der Waals surface area contributed by atoms with E-state index in [-0.39, 0.29) is 5.91 Å². The number of aliphatic hydroxyl groups excluding tert-OH is 1. The van der Waals surface area contributed by atoms with E-state index < -0.39 is 6.10 Å². The number of hydrogen-bond donors (Lipinski definition) is 2. The van der Waals surface area contributed by atoms with Gasteiger partial charge in [0.15, 0.2) is 0 Å². The van der Waals surface area contributed by atoms with Gasteiger partial charge in [0.25, 0.3) is 5.91 Å². The summed E-state index contributed by atoms with van der Waals surface area (Å²) in [5, 5.41) is 12.0. The van der Waals surface area contributed by atoms with Gasteiger partial charge in [0.2, 0.25) is 0 Å². The minimum absolute atomic E-state index is 0.0212. The van der Waals surface area contributed by atoms with Crippen LogP contribution >= 0.6 is 0 Å². The molecule has 0 aromatic heterocycles. The topological polar surface area (TPSA) is 49.3 Å². The van der Waals surface area contributed by atoms with E-state index in [1.807, 2.05) is 6.07 Å². The molecule has 0 spiro atoms. The van der Waals surface area contributed by atoms with Crippen molar-refractivity contribution in [2.45, 2.75) is 19.6 Å². The van der Waals surface area contributed by atoms with Gasteiger partial charge < -0.3 is 10.4 Å². The minimum atomic E-state index is -0.471. The predicted molar refractivity (Wildman–Crippen MR) is 48.2 cm³/mol. The largest absolute Gasteiger partial charge is 0.389 e. The highest BCUT2D eigenvalue weighted by molar-refractivity contribution is 5.98. The molecule has 0 saturated carbocycles. The first-order valence-corrected chi connectivity index (χ1v) is 4.27. The first kappa shape index (κ1) is 8.26. The van der Waals surface area contributed by atoms with Crippen molar-refractivity contribution in [3.63, 3.8) is 0 Å². The third-order valence-electron chi connectivity index (χ3n) is 2.30. The lowest BCUT2D eigenvalue weighted by Gasteiger charge is -2.05. The van der Waals surface area contributed by atoms with Gasteiger partial charge in [-0.05, 0) is 24.1 Å². The van der Waals surface area contributed by atoms with E-state index in [9.17, 15) is 9.90 Å². The molecule has 0 bridgehead atoms. The fraction of sp³-hybridized carbons (Fsp3) is 0.300. The highest BCUT2D eigenvalue weighted by Crippen LogP contribution is 2.20. The highest BCUT2D eigenvalue weighted by Gasteiger charge is 2.18. The molecule has 13 heavy (non-hydrogen) atoms. The third-order valence-corrected chi connectivity index (χ3v) is 2.30. The predicted octanol–water partition coefficient (Wildman–Crippen LogP) is 0.983. The van der Waals surface area contributed by atoms with E-state index in [1.165, 1.54) is 0 Å². The summed E-state index contributed by atoms with van der Waals surface area (Å²) in [5.41, 5.74) is 2.56. The average Bonchev–Trinajstić information content (AvgIpc) is 2.47. The SMILES string of the molecule is C[C@H](O)c1ccc2c(c1)CNC2=O. The zero-order valence-electron chi connectivity index (χ0n) is 7.37. The molecule has 1 aliphatic rings. The normalized spacial score (nSPS) is 16.6. The van der Waals surface area contributed by atoms with Crippen LogP contribution in [-0.4, -0.2) is 11.0 Å². The number of benzene rings is 1. The second-order valence-electron chi connectivity index (χ2n) is 3.28. The molecule has 0 radical (unpaired) electrons. The molecular formula is C10H11NO2. The summed E-state index contributed by atoms with van der Waals surface area (Å²) in [5.74, 6) is -0.0212. The monoisotopic (exact) mass is 177 g/mol. The summed E-state index contributed by atoms with van der Waals surface area (Å²) < 4.78 is 0. The zero-order valence-corrected chi connectivity index (χ0v) is 7.37. The third kappa shape index (κ3) is 1.31. The number of carbonyl (C=O) groups excluding carboxylic acids is 1. The molecule has 2 N–H and O–H groups in total. The number of aliphatic hydroxyl groups is 1. The van der Waals surface area contributed by atoms with Crippen LogP contribution in [0.4, 0.5) is 0 Å². The van der Waals surface area contributed by atoms with Crippen LogP contribution in [0, 0.1) is 0 Å². The summed E-state index contributed by atoms with van der Waals surface area (Å²) >= 11 is 0. The van der Waals surface area contributed by atoms with E-state index >= 15 is 0 Å². The van der Waals surface area contributed by atoms with E-state index in [4.69, 9.17) is 0 Å². The van der Waals surface area contributed by atoms with Gasteiger partial charge in [0.05, 0.1) is 6.10 Å². The molecule has 1 amide bonds. The van der Waals surface area contributed by atoms with Gasteiger partial charge in [-0.3, -0.25) is 4.79 Å². The van der Waals surface area contributed by atoms with Crippen LogP contribution in [0.15, 0.2) is 18.2 Å².